The average Bonchev–Trinajstić information content (AvgIpc) is 4.32. The number of benzene rings is 7. The van der Waals surface area contributed by atoms with Crippen molar-refractivity contribution in [1.29, 1.82) is 10.5 Å². The monoisotopic (exact) mass is 1010 g/mol. The first-order valence-electron chi connectivity index (χ1n) is 25.5. The van der Waals surface area contributed by atoms with Gasteiger partial charge in [-0.25, -0.2) is 9.97 Å². The van der Waals surface area contributed by atoms with Crippen molar-refractivity contribution in [2.45, 2.75) is 33.6 Å². The topological polar surface area (TPSA) is 95.7 Å². The first-order valence-corrected chi connectivity index (χ1v) is 27.2. The Morgan fingerprint density at radius 1 is 0.640 bits per heavy atom. The lowest BCUT2D eigenvalue weighted by Crippen LogP contribution is -2.53. The van der Waals surface area contributed by atoms with Gasteiger partial charge in [0.1, 0.15) is 39.0 Å². The number of aromatic nitrogens is 4. The van der Waals surface area contributed by atoms with Gasteiger partial charge in [0.15, 0.2) is 0 Å². The van der Waals surface area contributed by atoms with Crippen LogP contribution in [0.15, 0.2) is 188 Å². The quantitative estimate of drug-likeness (QED) is 0.0666. The number of fused-ring (bicyclic) bond motifs is 3. The SMILES string of the molecule is CCN(CC)CCCOc1cccc(Cc2c3/c(=C(\C#N)c4nc5ccccc5s4)n(B(c4ccccc4)c4ccccc4)c(-c4ccccc4C)c3/c(=C(\C#N)c3nc4ccccc4s3)n2[B]c2ccccc2)c1. The number of rotatable bonds is 17. The standard InChI is InChI=1S/C63H52B2N7OS2/c1-4-70(5-2)37-22-38-73-48-31-21-24-44(39-48)40-54-57-58(59(71(54)64-45-25-9-6-10-26-45)50(41-66)62-68-52-33-17-19-35-55(52)74-62)60(49-32-16-15-23-43(49)3)72(65(46-27-11-7-12-28-46)47-29-13-8-14-30-47)61(57)51(42-67)63-69-53-34-18-20-36-56(53)75-63/h6-21,23-36,39H,4-5,22,37-38,40H2,1-3H3/b59-50-,61-51-. The summed E-state index contributed by atoms with van der Waals surface area (Å²) in [6.45, 7) is 9.64. The zero-order chi connectivity index (χ0) is 51.3. The van der Waals surface area contributed by atoms with E-state index in [2.05, 4.69) is 169 Å². The summed E-state index contributed by atoms with van der Waals surface area (Å²) < 4.78 is 13.1. The van der Waals surface area contributed by atoms with Crippen molar-refractivity contribution in [1.82, 2.24) is 23.8 Å². The summed E-state index contributed by atoms with van der Waals surface area (Å²) in [4.78, 5) is 12.9. The number of aryl methyl sites for hydroxylation is 1. The number of para-hydroxylation sites is 2. The molecular weight excluding hydrogens is 956 g/mol. The minimum absolute atomic E-state index is 0.416. The molecule has 0 N–H and O–H groups in total. The number of nitriles is 2. The molecule has 0 amide bonds. The molecule has 0 spiro atoms. The molecule has 11 aromatic rings. The lowest BCUT2D eigenvalue weighted by Gasteiger charge is -2.23. The molecule has 4 heterocycles. The first kappa shape index (κ1) is 49.0. The highest BCUT2D eigenvalue weighted by atomic mass is 32.1. The van der Waals surface area contributed by atoms with Crippen LogP contribution in [0.4, 0.5) is 0 Å². The molecule has 7 aromatic carbocycles. The molecule has 0 bridgehead atoms. The van der Waals surface area contributed by atoms with Crippen molar-refractivity contribution in [3.05, 3.63) is 226 Å². The Hall–Kier alpha value is -8.25. The van der Waals surface area contributed by atoms with Crippen LogP contribution < -0.4 is 31.8 Å². The van der Waals surface area contributed by atoms with Crippen molar-refractivity contribution in [2.75, 3.05) is 26.2 Å². The van der Waals surface area contributed by atoms with Crippen molar-refractivity contribution < 1.29 is 4.74 Å². The van der Waals surface area contributed by atoms with Crippen LogP contribution in [0, 0.1) is 29.6 Å². The minimum Gasteiger partial charge on any atom is -0.494 e. The van der Waals surface area contributed by atoms with E-state index in [1.807, 2.05) is 72.8 Å². The summed E-state index contributed by atoms with van der Waals surface area (Å²) in [5, 5.41) is 28.3. The van der Waals surface area contributed by atoms with Gasteiger partial charge in [-0.05, 0) is 74.0 Å². The first-order chi connectivity index (χ1) is 37.0. The van der Waals surface area contributed by atoms with Gasteiger partial charge in [-0.3, -0.25) is 0 Å². The van der Waals surface area contributed by atoms with Gasteiger partial charge < -0.3 is 18.6 Å². The van der Waals surface area contributed by atoms with Crippen LogP contribution in [0.1, 0.15) is 47.1 Å². The lowest BCUT2D eigenvalue weighted by molar-refractivity contribution is 0.249. The number of ether oxygens (including phenoxy) is 1. The molecule has 12 heteroatoms. The maximum absolute atomic E-state index is 12.1. The predicted octanol–water partition coefficient (Wildman–Crippen LogP) is 10.2. The van der Waals surface area contributed by atoms with Crippen molar-refractivity contribution in [3.63, 3.8) is 0 Å². The molecule has 11 rings (SSSR count). The smallest absolute Gasteiger partial charge is 0.328 e. The zero-order valence-corrected chi connectivity index (χ0v) is 43.8. The van der Waals surface area contributed by atoms with Gasteiger partial charge in [0.2, 0.25) is 0 Å². The number of nitrogens with zero attached hydrogens (tertiary/aromatic N) is 7. The van der Waals surface area contributed by atoms with Gasteiger partial charge in [0, 0.05) is 40.7 Å². The zero-order valence-electron chi connectivity index (χ0n) is 42.2. The van der Waals surface area contributed by atoms with Gasteiger partial charge in [0.25, 0.3) is 7.41 Å². The van der Waals surface area contributed by atoms with E-state index in [-0.39, 0.29) is 0 Å². The maximum Gasteiger partial charge on any atom is 0.328 e. The molecule has 0 saturated carbocycles. The third-order valence-corrected chi connectivity index (χ3v) is 16.1. The van der Waals surface area contributed by atoms with Gasteiger partial charge in [0.05, 0.1) is 37.7 Å². The van der Waals surface area contributed by atoms with Gasteiger partial charge >= 0.3 is 6.85 Å². The number of hydrogen-bond donors (Lipinski definition) is 0. The van der Waals surface area contributed by atoms with E-state index >= 15 is 0 Å². The average molecular weight is 1010 g/mol. The minimum atomic E-state index is -0.449. The molecule has 0 aliphatic rings. The molecule has 8 nitrogen and oxygen atoms in total. The summed E-state index contributed by atoms with van der Waals surface area (Å²) in [5.74, 6) is 0.790. The summed E-state index contributed by atoms with van der Waals surface area (Å²) in [7, 11) is 2.15. The van der Waals surface area contributed by atoms with Crippen LogP contribution in [0.2, 0.25) is 0 Å². The third-order valence-electron chi connectivity index (χ3n) is 14.0. The second-order valence-electron chi connectivity index (χ2n) is 18.6. The number of thiazole rings is 2. The second kappa shape index (κ2) is 22.1. The van der Waals surface area contributed by atoms with E-state index in [1.54, 1.807) is 0 Å². The van der Waals surface area contributed by atoms with E-state index < -0.39 is 6.85 Å². The largest absolute Gasteiger partial charge is 0.494 e. The summed E-state index contributed by atoms with van der Waals surface area (Å²) in [6.07, 6.45) is 1.32. The van der Waals surface area contributed by atoms with Gasteiger partial charge in [-0.15, -0.1) is 22.7 Å². The highest BCUT2D eigenvalue weighted by molar-refractivity contribution is 7.20. The van der Waals surface area contributed by atoms with E-state index in [4.69, 9.17) is 14.7 Å². The van der Waals surface area contributed by atoms with E-state index in [0.29, 0.717) is 44.9 Å². The molecular formula is C63H52B2N7OS2. The molecule has 0 unspecified atom stereocenters. The van der Waals surface area contributed by atoms with E-state index in [9.17, 15) is 10.5 Å². The Labute approximate surface area is 446 Å². The lowest BCUT2D eigenvalue weighted by atomic mass is 9.50. The summed E-state index contributed by atoms with van der Waals surface area (Å²) in [6, 6.07) is 69.9. The Morgan fingerprint density at radius 3 is 1.79 bits per heavy atom. The molecule has 0 fully saturated rings. The van der Waals surface area contributed by atoms with Crippen LogP contribution >= 0.6 is 22.7 Å². The van der Waals surface area contributed by atoms with Crippen molar-refractivity contribution >= 4 is 95.7 Å². The maximum atomic E-state index is 12.1. The van der Waals surface area contributed by atoms with Crippen molar-refractivity contribution in [3.8, 4) is 29.1 Å². The molecule has 0 aliphatic carbocycles. The fourth-order valence-electron chi connectivity index (χ4n) is 10.4. The molecule has 75 heavy (non-hydrogen) atoms. The summed E-state index contributed by atoms with van der Waals surface area (Å²) >= 11 is 3.03. The molecule has 4 aromatic heterocycles. The second-order valence-corrected chi connectivity index (χ2v) is 20.6. The molecule has 363 valence electrons. The molecule has 0 aliphatic heterocycles. The summed E-state index contributed by atoms with van der Waals surface area (Å²) in [5.41, 5.74) is 10.3. The Kier molecular flexibility index (Phi) is 14.4. The fourth-order valence-corrected chi connectivity index (χ4v) is 12.3. The van der Waals surface area contributed by atoms with E-state index in [0.717, 1.165) is 107 Å². The van der Waals surface area contributed by atoms with Crippen LogP contribution in [0.5, 0.6) is 5.75 Å². The van der Waals surface area contributed by atoms with Crippen LogP contribution in [-0.4, -0.2) is 64.3 Å². The molecule has 0 atom stereocenters. The van der Waals surface area contributed by atoms with Crippen LogP contribution in [-0.2, 0) is 6.42 Å². The molecule has 0 saturated heterocycles. The van der Waals surface area contributed by atoms with Crippen molar-refractivity contribution in [2.24, 2.45) is 0 Å². The Balaban J connectivity index is 1.36. The molecule has 1 radical (unpaired) electrons. The fraction of sp³-hybridized carbons (Fsp3) is 0.143. The van der Waals surface area contributed by atoms with Crippen LogP contribution in [0.25, 0.3) is 53.6 Å². The Morgan fingerprint density at radius 2 is 1.20 bits per heavy atom. The van der Waals surface area contributed by atoms with Crippen LogP contribution in [0.3, 0.4) is 0 Å². The number of hydrogen-bond acceptors (Lipinski definition) is 8. The normalized spacial score (nSPS) is 12.2. The predicted molar refractivity (Wildman–Crippen MR) is 313 cm³/mol. The van der Waals surface area contributed by atoms with E-state index in [1.165, 1.54) is 22.7 Å². The highest BCUT2D eigenvalue weighted by Crippen LogP contribution is 2.36. The third kappa shape index (κ3) is 9.73. The van der Waals surface area contributed by atoms with Gasteiger partial charge in [-0.2, -0.15) is 10.5 Å². The highest BCUT2D eigenvalue weighted by Gasteiger charge is 2.35. The Bertz CT molecular complexity index is 3950. The van der Waals surface area contributed by atoms with Gasteiger partial charge in [-0.1, -0.05) is 182 Å².